The number of alkyl halides is 1. The zero-order valence-corrected chi connectivity index (χ0v) is 18.0. The molecule has 1 fully saturated rings. The molecule has 4 atom stereocenters. The molecule has 0 saturated heterocycles. The molecule has 0 bridgehead atoms. The normalized spacial score (nSPS) is 24.0. The van der Waals surface area contributed by atoms with E-state index in [1.54, 1.807) is 24.3 Å². The summed E-state index contributed by atoms with van der Waals surface area (Å²) in [6.07, 6.45) is 2.43. The number of rotatable bonds is 5. The van der Waals surface area contributed by atoms with Crippen molar-refractivity contribution in [2.45, 2.75) is 37.2 Å². The highest BCUT2D eigenvalue weighted by Gasteiger charge is 2.40. The van der Waals surface area contributed by atoms with Crippen molar-refractivity contribution in [2.75, 3.05) is 0 Å². The lowest BCUT2D eigenvalue weighted by atomic mass is 9.90. The summed E-state index contributed by atoms with van der Waals surface area (Å²) in [6, 6.07) is 8.63. The molecular weight excluding hydrogens is 439 g/mol. The molecule has 1 heterocycles. The van der Waals surface area contributed by atoms with Crippen LogP contribution in [0.25, 0.3) is 0 Å². The number of hydrogen-bond donors (Lipinski definition) is 2. The molecule has 148 valence electrons. The smallest absolute Gasteiger partial charge is 0.345 e. The van der Waals surface area contributed by atoms with Gasteiger partial charge in [0.05, 0.1) is 12.0 Å². The van der Waals surface area contributed by atoms with Crippen LogP contribution in [-0.4, -0.2) is 27.7 Å². The van der Waals surface area contributed by atoms with Crippen LogP contribution in [0.5, 0.6) is 0 Å². The summed E-state index contributed by atoms with van der Waals surface area (Å²) in [6.45, 7) is 0. The maximum absolute atomic E-state index is 11.0. The van der Waals surface area contributed by atoms with E-state index in [1.807, 2.05) is 6.07 Å². The summed E-state index contributed by atoms with van der Waals surface area (Å²) in [5.74, 6) is 5.22. The topological polar surface area (TPSA) is 57.5 Å². The summed E-state index contributed by atoms with van der Waals surface area (Å²) in [5.41, 5.74) is 0.709. The van der Waals surface area contributed by atoms with E-state index in [9.17, 15) is 9.90 Å². The number of benzene rings is 1. The molecule has 0 spiro atoms. The lowest BCUT2D eigenvalue weighted by molar-refractivity contribution is 0.0702. The van der Waals surface area contributed by atoms with Crippen molar-refractivity contribution in [3.63, 3.8) is 0 Å². The molecule has 28 heavy (non-hydrogen) atoms. The zero-order chi connectivity index (χ0) is 20.3. The van der Waals surface area contributed by atoms with Crippen molar-refractivity contribution >= 4 is 52.1 Å². The minimum Gasteiger partial charge on any atom is -0.477 e. The summed E-state index contributed by atoms with van der Waals surface area (Å²) < 4.78 is 0. The van der Waals surface area contributed by atoms with Crippen LogP contribution < -0.4 is 0 Å². The minimum atomic E-state index is -0.896. The molecule has 2 N–H and O–H groups in total. The first-order valence-corrected chi connectivity index (χ1v) is 11.0. The second-order valence-corrected chi connectivity index (χ2v) is 9.50. The van der Waals surface area contributed by atoms with Gasteiger partial charge in [-0.15, -0.1) is 22.9 Å². The number of thiophene rings is 1. The van der Waals surface area contributed by atoms with Gasteiger partial charge in [-0.25, -0.2) is 4.79 Å². The predicted molar refractivity (Wildman–Crippen MR) is 115 cm³/mol. The number of aliphatic hydroxyl groups excluding tert-OH is 1. The predicted octanol–water partition coefficient (Wildman–Crippen LogP) is 5.73. The SMILES string of the molecule is O=C(O)c1ccc(CCCC2[C@@H](C#Cc3cc(Cl)cc(Cl)c3)C(O)C[C@H]2Cl)s1. The number of carbonyl (C=O) groups is 1. The number of hydrogen-bond acceptors (Lipinski definition) is 3. The van der Waals surface area contributed by atoms with Crippen LogP contribution in [0, 0.1) is 23.7 Å². The molecule has 3 rings (SSSR count). The van der Waals surface area contributed by atoms with Gasteiger partial charge in [0.1, 0.15) is 4.88 Å². The van der Waals surface area contributed by atoms with Gasteiger partial charge in [-0.3, -0.25) is 0 Å². The van der Waals surface area contributed by atoms with Gasteiger partial charge < -0.3 is 10.2 Å². The Morgan fingerprint density at radius 2 is 1.93 bits per heavy atom. The van der Waals surface area contributed by atoms with E-state index in [-0.39, 0.29) is 17.2 Å². The number of aliphatic hydroxyl groups is 1. The highest BCUT2D eigenvalue weighted by Crippen LogP contribution is 2.39. The summed E-state index contributed by atoms with van der Waals surface area (Å²) in [7, 11) is 0. The quantitative estimate of drug-likeness (QED) is 0.445. The first-order chi connectivity index (χ1) is 13.3. The van der Waals surface area contributed by atoms with Crippen molar-refractivity contribution in [2.24, 2.45) is 11.8 Å². The van der Waals surface area contributed by atoms with Crippen LogP contribution in [0.4, 0.5) is 0 Å². The number of carboxylic acid groups (broad SMARTS) is 1. The van der Waals surface area contributed by atoms with Crippen molar-refractivity contribution < 1.29 is 15.0 Å². The molecule has 0 radical (unpaired) electrons. The van der Waals surface area contributed by atoms with Gasteiger partial charge in [0.15, 0.2) is 0 Å². The fraction of sp³-hybridized carbons (Fsp3) is 0.381. The van der Waals surface area contributed by atoms with Crippen molar-refractivity contribution in [1.82, 2.24) is 0 Å². The van der Waals surface area contributed by atoms with E-state index in [0.717, 1.165) is 24.1 Å². The van der Waals surface area contributed by atoms with E-state index in [0.29, 0.717) is 26.9 Å². The Bertz CT molecular complexity index is 895. The monoisotopic (exact) mass is 456 g/mol. The Morgan fingerprint density at radius 1 is 1.21 bits per heavy atom. The van der Waals surface area contributed by atoms with Gasteiger partial charge in [0.2, 0.25) is 0 Å². The Balaban J connectivity index is 1.65. The van der Waals surface area contributed by atoms with Gasteiger partial charge in [-0.2, -0.15) is 0 Å². The lowest BCUT2D eigenvalue weighted by Crippen LogP contribution is -2.19. The molecule has 3 nitrogen and oxygen atoms in total. The Kier molecular flexibility index (Phi) is 7.31. The molecule has 0 aliphatic heterocycles. The Hall–Kier alpha value is -1.22. The average Bonchev–Trinajstić information content (AvgIpc) is 3.18. The highest BCUT2D eigenvalue weighted by atomic mass is 35.5. The first-order valence-electron chi connectivity index (χ1n) is 8.95. The standard InChI is InChI=1S/C21H19Cl3O3S/c22-13-8-12(9-14(23)10-13)4-6-17-16(18(24)11-19(17)25)3-1-2-15-5-7-20(28-15)21(26)27/h5,7-10,16-19,25H,1-3,11H2,(H,26,27)/t16?,17-,18-,19?/m1/s1. The van der Waals surface area contributed by atoms with Crippen molar-refractivity contribution in [3.8, 4) is 11.8 Å². The zero-order valence-electron chi connectivity index (χ0n) is 14.9. The molecule has 1 aromatic heterocycles. The maximum atomic E-state index is 11.0. The summed E-state index contributed by atoms with van der Waals surface area (Å²) in [5, 5.41) is 20.3. The molecule has 1 aliphatic carbocycles. The van der Waals surface area contributed by atoms with Gasteiger partial charge in [0.25, 0.3) is 0 Å². The highest BCUT2D eigenvalue weighted by molar-refractivity contribution is 7.13. The Morgan fingerprint density at radius 3 is 2.57 bits per heavy atom. The van der Waals surface area contributed by atoms with Crippen LogP contribution >= 0.6 is 46.1 Å². The molecule has 7 heteroatoms. The van der Waals surface area contributed by atoms with Gasteiger partial charge in [-0.1, -0.05) is 35.0 Å². The van der Waals surface area contributed by atoms with E-state index < -0.39 is 12.1 Å². The third kappa shape index (κ3) is 5.43. The van der Waals surface area contributed by atoms with E-state index in [4.69, 9.17) is 39.9 Å². The van der Waals surface area contributed by atoms with E-state index in [1.165, 1.54) is 11.3 Å². The van der Waals surface area contributed by atoms with Crippen LogP contribution in [0.15, 0.2) is 30.3 Å². The molecule has 1 saturated carbocycles. The van der Waals surface area contributed by atoms with Crippen molar-refractivity contribution in [3.05, 3.63) is 55.7 Å². The molecule has 2 unspecified atom stereocenters. The maximum Gasteiger partial charge on any atom is 0.345 e. The van der Waals surface area contributed by atoms with Crippen LogP contribution in [-0.2, 0) is 6.42 Å². The van der Waals surface area contributed by atoms with Crippen LogP contribution in [0.2, 0.25) is 10.0 Å². The average molecular weight is 458 g/mol. The molecule has 2 aromatic rings. The summed E-state index contributed by atoms with van der Waals surface area (Å²) in [4.78, 5) is 12.4. The Labute approximate surface area is 183 Å². The third-order valence-electron chi connectivity index (χ3n) is 4.89. The van der Waals surface area contributed by atoms with E-state index in [2.05, 4.69) is 11.8 Å². The second-order valence-electron chi connectivity index (χ2n) is 6.90. The van der Waals surface area contributed by atoms with Gasteiger partial charge >= 0.3 is 5.97 Å². The fourth-order valence-electron chi connectivity index (χ4n) is 3.56. The number of halogens is 3. The molecule has 1 aliphatic rings. The molecule has 1 aromatic carbocycles. The molecule has 0 amide bonds. The van der Waals surface area contributed by atoms with Gasteiger partial charge in [-0.05, 0) is 61.9 Å². The number of aromatic carboxylic acids is 1. The largest absolute Gasteiger partial charge is 0.477 e. The first kappa shape index (κ1) is 21.5. The lowest BCUT2D eigenvalue weighted by Gasteiger charge is -2.18. The number of aryl methyl sites for hydroxylation is 1. The van der Waals surface area contributed by atoms with Crippen LogP contribution in [0.1, 0.15) is 39.4 Å². The minimum absolute atomic E-state index is 0.0812. The number of carboxylic acids is 1. The van der Waals surface area contributed by atoms with Crippen molar-refractivity contribution in [1.29, 1.82) is 0 Å². The second kappa shape index (κ2) is 9.52. The summed E-state index contributed by atoms with van der Waals surface area (Å²) >= 11 is 19.8. The molecular formula is C21H19Cl3O3S. The third-order valence-corrected chi connectivity index (χ3v) is 6.96. The van der Waals surface area contributed by atoms with Crippen LogP contribution in [0.3, 0.4) is 0 Å². The van der Waals surface area contributed by atoms with Gasteiger partial charge in [0, 0.05) is 25.9 Å². The van der Waals surface area contributed by atoms with E-state index >= 15 is 0 Å². The fourth-order valence-corrected chi connectivity index (χ4v) is 5.44.